The number of carbonyl (C=O) groups excluding carboxylic acids is 1. The molecule has 0 saturated heterocycles. The molecule has 0 radical (unpaired) electrons. The molecule has 0 aliphatic heterocycles. The molecule has 0 amide bonds. The zero-order valence-electron chi connectivity index (χ0n) is 15.4. The van der Waals surface area contributed by atoms with Crippen LogP contribution in [0.2, 0.25) is 0 Å². The van der Waals surface area contributed by atoms with Crippen LogP contribution in [0.25, 0.3) is 11.6 Å². The van der Waals surface area contributed by atoms with Gasteiger partial charge < -0.3 is 4.42 Å². The lowest BCUT2D eigenvalue weighted by atomic mass is 10.1. The fraction of sp³-hybridized carbons (Fsp3) is 0.350. The van der Waals surface area contributed by atoms with Gasteiger partial charge >= 0.3 is 0 Å². The highest BCUT2D eigenvalue weighted by atomic mass is 32.2. The molecule has 3 rings (SSSR count). The number of benzene rings is 1. The van der Waals surface area contributed by atoms with Crippen molar-refractivity contribution in [1.29, 1.82) is 0 Å². The lowest BCUT2D eigenvalue weighted by Crippen LogP contribution is -2.08. The summed E-state index contributed by atoms with van der Waals surface area (Å²) in [6.07, 6.45) is 2.76. The average Bonchev–Trinajstić information content (AvgIpc) is 3.29. The van der Waals surface area contributed by atoms with Gasteiger partial charge in [-0.05, 0) is 48.7 Å². The van der Waals surface area contributed by atoms with Crippen molar-refractivity contribution in [3.8, 4) is 11.6 Å². The molecule has 0 unspecified atom stereocenters. The second-order valence-corrected chi connectivity index (χ2v) is 7.73. The van der Waals surface area contributed by atoms with Gasteiger partial charge in [0.2, 0.25) is 0 Å². The number of Topliss-reactive ketones (excluding diaryl/α,β-unsaturated/α-hetero) is 1. The predicted octanol–water partition coefficient (Wildman–Crippen LogP) is 5.09. The molecular formula is C20H22FN3O2S. The second kappa shape index (κ2) is 8.99. The van der Waals surface area contributed by atoms with Gasteiger partial charge in [0.1, 0.15) is 5.82 Å². The number of thioether (sulfide) groups is 1. The third-order valence-corrected chi connectivity index (χ3v) is 5.00. The minimum absolute atomic E-state index is 0.0236. The molecular weight excluding hydrogens is 365 g/mol. The number of aromatic nitrogens is 3. The van der Waals surface area contributed by atoms with Crippen LogP contribution < -0.4 is 0 Å². The minimum Gasteiger partial charge on any atom is -0.461 e. The molecule has 2 heterocycles. The number of carbonyl (C=O) groups is 1. The van der Waals surface area contributed by atoms with E-state index in [0.717, 1.165) is 23.3 Å². The first kappa shape index (κ1) is 19.4. The highest BCUT2D eigenvalue weighted by Crippen LogP contribution is 2.26. The summed E-state index contributed by atoms with van der Waals surface area (Å²) in [5.74, 6) is 2.30. The number of furan rings is 1. The summed E-state index contributed by atoms with van der Waals surface area (Å²) in [4.78, 5) is 12.2. The van der Waals surface area contributed by atoms with E-state index in [4.69, 9.17) is 4.42 Å². The molecule has 142 valence electrons. The fourth-order valence-electron chi connectivity index (χ4n) is 2.69. The summed E-state index contributed by atoms with van der Waals surface area (Å²) in [6.45, 7) is 5.07. The van der Waals surface area contributed by atoms with Crippen LogP contribution in [0.15, 0.2) is 52.2 Å². The molecule has 1 aromatic carbocycles. The topological polar surface area (TPSA) is 60.9 Å². The molecule has 0 atom stereocenters. The predicted molar refractivity (Wildman–Crippen MR) is 103 cm³/mol. The van der Waals surface area contributed by atoms with Gasteiger partial charge in [-0.3, -0.25) is 9.36 Å². The Morgan fingerprint density at radius 3 is 2.67 bits per heavy atom. The van der Waals surface area contributed by atoms with Gasteiger partial charge in [-0.25, -0.2) is 4.39 Å². The number of rotatable bonds is 9. The van der Waals surface area contributed by atoms with E-state index in [9.17, 15) is 9.18 Å². The van der Waals surface area contributed by atoms with E-state index in [2.05, 4.69) is 28.6 Å². The van der Waals surface area contributed by atoms with E-state index >= 15 is 0 Å². The Balaban J connectivity index is 1.59. The van der Waals surface area contributed by atoms with Crippen LogP contribution in [0.3, 0.4) is 0 Å². The monoisotopic (exact) mass is 387 g/mol. The highest BCUT2D eigenvalue weighted by Gasteiger charge is 2.17. The van der Waals surface area contributed by atoms with Gasteiger partial charge in [0.05, 0.1) is 6.26 Å². The van der Waals surface area contributed by atoms with Crippen LogP contribution in [-0.2, 0) is 6.54 Å². The zero-order chi connectivity index (χ0) is 19.2. The third kappa shape index (κ3) is 5.07. The molecule has 27 heavy (non-hydrogen) atoms. The van der Waals surface area contributed by atoms with Crippen molar-refractivity contribution in [3.63, 3.8) is 0 Å². The van der Waals surface area contributed by atoms with E-state index in [1.54, 1.807) is 18.0 Å². The van der Waals surface area contributed by atoms with Crippen molar-refractivity contribution in [2.24, 2.45) is 5.92 Å². The maximum absolute atomic E-state index is 12.9. The van der Waals surface area contributed by atoms with Gasteiger partial charge in [-0.15, -0.1) is 10.2 Å². The quantitative estimate of drug-likeness (QED) is 0.291. The van der Waals surface area contributed by atoms with Crippen molar-refractivity contribution in [2.75, 3.05) is 5.75 Å². The number of hydrogen-bond donors (Lipinski definition) is 0. The first-order valence-electron chi connectivity index (χ1n) is 8.93. The first-order valence-corrected chi connectivity index (χ1v) is 9.92. The Bertz CT molecular complexity index is 873. The summed E-state index contributed by atoms with van der Waals surface area (Å²) in [7, 11) is 0. The molecule has 0 saturated carbocycles. The third-order valence-electron chi connectivity index (χ3n) is 3.95. The van der Waals surface area contributed by atoms with Gasteiger partial charge in [0.15, 0.2) is 22.5 Å². The summed E-state index contributed by atoms with van der Waals surface area (Å²) < 4.78 is 20.5. The molecule has 3 aromatic rings. The smallest absolute Gasteiger partial charge is 0.200 e. The molecule has 0 N–H and O–H groups in total. The molecule has 0 fully saturated rings. The highest BCUT2D eigenvalue weighted by molar-refractivity contribution is 7.99. The van der Waals surface area contributed by atoms with Gasteiger partial charge in [0.25, 0.3) is 0 Å². The Morgan fingerprint density at radius 2 is 2.00 bits per heavy atom. The van der Waals surface area contributed by atoms with E-state index in [0.29, 0.717) is 30.1 Å². The van der Waals surface area contributed by atoms with E-state index in [1.807, 2.05) is 12.1 Å². The number of hydrogen-bond acceptors (Lipinski definition) is 5. The Kier molecular flexibility index (Phi) is 6.45. The van der Waals surface area contributed by atoms with E-state index < -0.39 is 0 Å². The molecule has 0 bridgehead atoms. The zero-order valence-corrected chi connectivity index (χ0v) is 16.2. The Labute approximate surface area is 162 Å². The van der Waals surface area contributed by atoms with Crippen molar-refractivity contribution in [1.82, 2.24) is 14.8 Å². The lowest BCUT2D eigenvalue weighted by Gasteiger charge is -2.11. The fourth-order valence-corrected chi connectivity index (χ4v) is 3.58. The summed E-state index contributed by atoms with van der Waals surface area (Å²) >= 11 is 1.58. The van der Waals surface area contributed by atoms with Crippen LogP contribution in [0.1, 0.15) is 37.0 Å². The van der Waals surface area contributed by atoms with Crippen LogP contribution in [0.5, 0.6) is 0 Å². The van der Waals surface area contributed by atoms with Crippen LogP contribution in [-0.4, -0.2) is 26.3 Å². The standard InChI is InChI=1S/C20H22FN3O2S/c1-14(2)13-24-19(18-6-3-11-26-18)22-23-20(24)27-12-4-5-17(25)15-7-9-16(21)10-8-15/h3,6-11,14H,4-5,12-13H2,1-2H3. The molecule has 0 spiro atoms. The molecule has 5 nitrogen and oxygen atoms in total. The summed E-state index contributed by atoms with van der Waals surface area (Å²) in [6, 6.07) is 9.38. The number of ketones is 1. The van der Waals surface area contributed by atoms with Gasteiger partial charge in [0, 0.05) is 24.3 Å². The Hall–Kier alpha value is -2.41. The van der Waals surface area contributed by atoms with Crippen molar-refractivity contribution in [3.05, 3.63) is 54.0 Å². The van der Waals surface area contributed by atoms with Gasteiger partial charge in [-0.2, -0.15) is 0 Å². The van der Waals surface area contributed by atoms with Crippen LogP contribution in [0, 0.1) is 11.7 Å². The van der Waals surface area contributed by atoms with Crippen molar-refractivity contribution in [2.45, 2.75) is 38.4 Å². The van der Waals surface area contributed by atoms with E-state index in [-0.39, 0.29) is 11.6 Å². The molecule has 2 aromatic heterocycles. The number of nitrogens with zero attached hydrogens (tertiary/aromatic N) is 3. The van der Waals surface area contributed by atoms with Crippen molar-refractivity contribution < 1.29 is 13.6 Å². The summed E-state index contributed by atoms with van der Waals surface area (Å²) in [5, 5.41) is 9.40. The van der Waals surface area contributed by atoms with Gasteiger partial charge in [-0.1, -0.05) is 25.6 Å². The normalized spacial score (nSPS) is 11.3. The lowest BCUT2D eigenvalue weighted by molar-refractivity contribution is 0.0982. The first-order chi connectivity index (χ1) is 13.0. The molecule has 0 aliphatic carbocycles. The van der Waals surface area contributed by atoms with Crippen molar-refractivity contribution >= 4 is 17.5 Å². The molecule has 0 aliphatic rings. The van der Waals surface area contributed by atoms with Crippen LogP contribution in [0.4, 0.5) is 4.39 Å². The second-order valence-electron chi connectivity index (χ2n) is 6.67. The maximum atomic E-state index is 12.9. The summed E-state index contributed by atoms with van der Waals surface area (Å²) in [5.41, 5.74) is 0.546. The van der Waals surface area contributed by atoms with Crippen LogP contribution >= 0.6 is 11.8 Å². The largest absolute Gasteiger partial charge is 0.461 e. The molecule has 7 heteroatoms. The SMILES string of the molecule is CC(C)Cn1c(SCCCC(=O)c2ccc(F)cc2)nnc1-c1ccco1. The average molecular weight is 387 g/mol. The number of halogens is 1. The Morgan fingerprint density at radius 1 is 1.22 bits per heavy atom. The van der Waals surface area contributed by atoms with E-state index in [1.165, 1.54) is 24.3 Å². The maximum Gasteiger partial charge on any atom is 0.200 e. The minimum atomic E-state index is -0.334.